The van der Waals surface area contributed by atoms with Gasteiger partial charge in [0.05, 0.1) is 0 Å². The van der Waals surface area contributed by atoms with E-state index in [1.165, 1.54) is 0 Å². The molecule has 0 bridgehead atoms. The number of phenolic OH excluding ortho intramolecular Hbond substituents is 1. The Morgan fingerprint density at radius 2 is 1.50 bits per heavy atom. The summed E-state index contributed by atoms with van der Waals surface area (Å²) in [4.78, 5) is 4.62. The number of phenols is 1. The van der Waals surface area contributed by atoms with Crippen LogP contribution in [0.25, 0.3) is 5.65 Å². The zero-order valence-corrected chi connectivity index (χ0v) is 15.4. The standard InChI is InChI=1S/C19H24N6O/c1-19(2,3)18-21-20-16-8-9-17(22-25(16)18)24-12-10-23(11-13-24)14-4-6-15(26)7-5-14/h4-9,26H,10-13H2,1-3H3. The number of piperazine rings is 1. The van der Waals surface area contributed by atoms with Crippen LogP contribution in [0.3, 0.4) is 0 Å². The summed E-state index contributed by atoms with van der Waals surface area (Å²) in [5, 5.41) is 22.8. The summed E-state index contributed by atoms with van der Waals surface area (Å²) in [6.45, 7) is 9.98. The molecule has 0 atom stereocenters. The number of benzene rings is 1. The molecule has 7 nitrogen and oxygen atoms in total. The van der Waals surface area contributed by atoms with Crippen LogP contribution >= 0.6 is 0 Å². The van der Waals surface area contributed by atoms with Crippen molar-refractivity contribution in [2.75, 3.05) is 36.0 Å². The number of rotatable bonds is 2. The highest BCUT2D eigenvalue weighted by molar-refractivity contribution is 5.52. The van der Waals surface area contributed by atoms with E-state index in [4.69, 9.17) is 5.10 Å². The molecule has 1 saturated heterocycles. The number of aromatic hydroxyl groups is 1. The third kappa shape index (κ3) is 3.05. The summed E-state index contributed by atoms with van der Waals surface area (Å²) in [5.41, 5.74) is 1.81. The Balaban J connectivity index is 1.53. The average molecular weight is 352 g/mol. The lowest BCUT2D eigenvalue weighted by atomic mass is 9.96. The van der Waals surface area contributed by atoms with Crippen molar-refractivity contribution in [2.45, 2.75) is 26.2 Å². The first-order chi connectivity index (χ1) is 12.4. The van der Waals surface area contributed by atoms with Crippen LogP contribution in [0.5, 0.6) is 5.75 Å². The van der Waals surface area contributed by atoms with E-state index >= 15 is 0 Å². The Bertz CT molecular complexity index is 904. The lowest BCUT2D eigenvalue weighted by molar-refractivity contribution is 0.475. The SMILES string of the molecule is CC(C)(C)c1nnc2ccc(N3CCN(c4ccc(O)cc4)CC3)nn12. The van der Waals surface area contributed by atoms with Crippen LogP contribution < -0.4 is 9.80 Å². The highest BCUT2D eigenvalue weighted by Gasteiger charge is 2.23. The predicted octanol–water partition coefficient (Wildman–Crippen LogP) is 2.45. The van der Waals surface area contributed by atoms with E-state index < -0.39 is 0 Å². The van der Waals surface area contributed by atoms with Crippen molar-refractivity contribution >= 4 is 17.2 Å². The van der Waals surface area contributed by atoms with Crippen LogP contribution in [0.15, 0.2) is 36.4 Å². The van der Waals surface area contributed by atoms with Crippen molar-refractivity contribution < 1.29 is 5.11 Å². The van der Waals surface area contributed by atoms with Crippen molar-refractivity contribution in [3.8, 4) is 5.75 Å². The molecule has 1 aliphatic heterocycles. The molecular weight excluding hydrogens is 328 g/mol. The molecule has 4 rings (SSSR count). The van der Waals surface area contributed by atoms with E-state index in [1.807, 2.05) is 28.8 Å². The fourth-order valence-electron chi connectivity index (χ4n) is 3.27. The van der Waals surface area contributed by atoms with Gasteiger partial charge in [-0.1, -0.05) is 20.8 Å². The van der Waals surface area contributed by atoms with Crippen LogP contribution in [0.2, 0.25) is 0 Å². The maximum absolute atomic E-state index is 9.45. The van der Waals surface area contributed by atoms with Gasteiger partial charge in [-0.05, 0) is 36.4 Å². The van der Waals surface area contributed by atoms with Gasteiger partial charge in [0.2, 0.25) is 0 Å². The summed E-state index contributed by atoms with van der Waals surface area (Å²) in [5.74, 6) is 2.12. The van der Waals surface area contributed by atoms with Crippen LogP contribution in [0.1, 0.15) is 26.6 Å². The number of nitrogens with zero attached hydrogens (tertiary/aromatic N) is 6. The first-order valence-corrected chi connectivity index (χ1v) is 8.94. The fourth-order valence-corrected chi connectivity index (χ4v) is 3.27. The molecule has 2 aromatic heterocycles. The van der Waals surface area contributed by atoms with Crippen molar-refractivity contribution in [1.82, 2.24) is 19.8 Å². The second kappa shape index (κ2) is 6.16. The molecule has 0 amide bonds. The molecule has 0 unspecified atom stereocenters. The Morgan fingerprint density at radius 3 is 2.15 bits per heavy atom. The van der Waals surface area contributed by atoms with Crippen LogP contribution in [0.4, 0.5) is 11.5 Å². The first-order valence-electron chi connectivity index (χ1n) is 8.94. The summed E-state index contributed by atoms with van der Waals surface area (Å²) in [6.07, 6.45) is 0. The maximum atomic E-state index is 9.45. The van der Waals surface area contributed by atoms with Crippen molar-refractivity contribution in [3.63, 3.8) is 0 Å². The Hall–Kier alpha value is -2.83. The number of hydrogen-bond donors (Lipinski definition) is 1. The molecular formula is C19H24N6O. The smallest absolute Gasteiger partial charge is 0.178 e. The zero-order chi connectivity index (χ0) is 18.3. The molecule has 1 aliphatic rings. The average Bonchev–Trinajstić information content (AvgIpc) is 3.06. The van der Waals surface area contributed by atoms with Gasteiger partial charge in [-0.15, -0.1) is 15.3 Å². The third-order valence-electron chi connectivity index (χ3n) is 4.74. The minimum atomic E-state index is -0.109. The largest absolute Gasteiger partial charge is 0.508 e. The van der Waals surface area contributed by atoms with E-state index in [0.29, 0.717) is 5.75 Å². The number of anilines is 2. The van der Waals surface area contributed by atoms with Gasteiger partial charge >= 0.3 is 0 Å². The predicted molar refractivity (Wildman–Crippen MR) is 102 cm³/mol. The minimum Gasteiger partial charge on any atom is -0.508 e. The molecule has 3 aromatic rings. The zero-order valence-electron chi connectivity index (χ0n) is 15.4. The summed E-state index contributed by atoms with van der Waals surface area (Å²) >= 11 is 0. The number of fused-ring (bicyclic) bond motifs is 1. The first kappa shape index (κ1) is 16.6. The van der Waals surface area contributed by atoms with E-state index in [1.54, 1.807) is 12.1 Å². The van der Waals surface area contributed by atoms with Crippen LogP contribution in [-0.2, 0) is 5.41 Å². The molecule has 136 valence electrons. The highest BCUT2D eigenvalue weighted by atomic mass is 16.3. The van der Waals surface area contributed by atoms with Gasteiger partial charge in [-0.3, -0.25) is 0 Å². The van der Waals surface area contributed by atoms with Gasteiger partial charge in [0.15, 0.2) is 11.5 Å². The fraction of sp³-hybridized carbons (Fsp3) is 0.421. The minimum absolute atomic E-state index is 0.109. The van der Waals surface area contributed by atoms with Crippen LogP contribution in [-0.4, -0.2) is 51.1 Å². The van der Waals surface area contributed by atoms with Crippen LogP contribution in [0, 0.1) is 0 Å². The topological polar surface area (TPSA) is 69.8 Å². The van der Waals surface area contributed by atoms with Crippen molar-refractivity contribution in [1.29, 1.82) is 0 Å². The Morgan fingerprint density at radius 1 is 0.846 bits per heavy atom. The second-order valence-corrected chi connectivity index (χ2v) is 7.73. The molecule has 0 spiro atoms. The van der Waals surface area contributed by atoms with Crippen molar-refractivity contribution in [3.05, 3.63) is 42.2 Å². The molecule has 1 fully saturated rings. The lowest BCUT2D eigenvalue weighted by Gasteiger charge is -2.36. The van der Waals surface area contributed by atoms with Gasteiger partial charge < -0.3 is 14.9 Å². The van der Waals surface area contributed by atoms with E-state index in [0.717, 1.165) is 49.2 Å². The molecule has 0 saturated carbocycles. The summed E-state index contributed by atoms with van der Waals surface area (Å²) in [6, 6.07) is 11.4. The number of hydrogen-bond acceptors (Lipinski definition) is 6. The molecule has 0 radical (unpaired) electrons. The number of aromatic nitrogens is 4. The highest BCUT2D eigenvalue weighted by Crippen LogP contribution is 2.24. The quantitative estimate of drug-likeness (QED) is 0.764. The molecule has 1 aromatic carbocycles. The van der Waals surface area contributed by atoms with E-state index in [-0.39, 0.29) is 5.41 Å². The van der Waals surface area contributed by atoms with Gasteiger partial charge in [0.25, 0.3) is 0 Å². The van der Waals surface area contributed by atoms with Gasteiger partial charge in [-0.25, -0.2) is 0 Å². The monoisotopic (exact) mass is 352 g/mol. The molecule has 3 heterocycles. The molecule has 0 aliphatic carbocycles. The molecule has 7 heteroatoms. The third-order valence-corrected chi connectivity index (χ3v) is 4.74. The lowest BCUT2D eigenvalue weighted by Crippen LogP contribution is -2.47. The summed E-state index contributed by atoms with van der Waals surface area (Å²) in [7, 11) is 0. The molecule has 26 heavy (non-hydrogen) atoms. The maximum Gasteiger partial charge on any atom is 0.178 e. The normalized spacial score (nSPS) is 15.7. The van der Waals surface area contributed by atoms with Crippen molar-refractivity contribution in [2.24, 2.45) is 0 Å². The van der Waals surface area contributed by atoms with Gasteiger partial charge in [0.1, 0.15) is 11.6 Å². The Kier molecular flexibility index (Phi) is 3.94. The van der Waals surface area contributed by atoms with Gasteiger partial charge in [0, 0.05) is 37.3 Å². The van der Waals surface area contributed by atoms with E-state index in [9.17, 15) is 5.11 Å². The second-order valence-electron chi connectivity index (χ2n) is 7.73. The Labute approximate surface area is 152 Å². The molecule has 1 N–H and O–H groups in total. The summed E-state index contributed by atoms with van der Waals surface area (Å²) < 4.78 is 1.86. The van der Waals surface area contributed by atoms with E-state index in [2.05, 4.69) is 40.8 Å². The van der Waals surface area contributed by atoms with Gasteiger partial charge in [-0.2, -0.15) is 4.52 Å².